The predicted octanol–water partition coefficient (Wildman–Crippen LogP) is 0.241. The van der Waals surface area contributed by atoms with Crippen molar-refractivity contribution < 1.29 is 54.7 Å². The Morgan fingerprint density at radius 2 is 1.89 bits per heavy atom. The summed E-state index contributed by atoms with van der Waals surface area (Å²) in [5, 5.41) is 0. The van der Waals surface area contributed by atoms with Crippen LogP contribution in [0.3, 0.4) is 0 Å². The van der Waals surface area contributed by atoms with Crippen LogP contribution in [0.2, 0.25) is 0 Å². The van der Waals surface area contributed by atoms with E-state index in [4.69, 9.17) is 39.2 Å². The zero-order valence-electron chi connectivity index (χ0n) is 22.2. The number of anilines is 1. The zero-order chi connectivity index (χ0) is 31.8. The molecule has 5 rings (SSSR count). The van der Waals surface area contributed by atoms with Crippen LogP contribution < -0.4 is 22.9 Å². The molecule has 2 aliphatic heterocycles. The van der Waals surface area contributed by atoms with Crippen LogP contribution in [0, 0.1) is 0 Å². The molecule has 0 aromatic carbocycles. The topological polar surface area (TPSA) is 269 Å². The molecule has 0 saturated carbocycles. The molecule has 2 bridgehead atoms. The fourth-order valence-corrected chi connectivity index (χ4v) is 7.37. The monoisotopic (exact) mass is 688 g/mol. The molecular weight excluding hydrogens is 664 g/mol. The quantitative estimate of drug-likeness (QED) is 0.159. The average Bonchev–Trinajstić information content (AvgIpc) is 3.53. The number of hydrogen-bond acceptors (Lipinski definition) is 17. The number of nitrogens with zero attached hydrogens (tertiary/aromatic N) is 5. The van der Waals surface area contributed by atoms with E-state index in [1.165, 1.54) is 0 Å². The van der Waals surface area contributed by atoms with Gasteiger partial charge in [0, 0.05) is 19.4 Å². The molecule has 2 aliphatic rings. The number of hydrogen-bond donors (Lipinski definition) is 4. The minimum absolute atomic E-state index is 0.00906. The number of nitrogen functional groups attached to an aromatic ring is 1. The smallest absolute Gasteiger partial charge is 0.382 e. The fraction of sp³-hybridized carbons (Fsp3) is 0.526. The van der Waals surface area contributed by atoms with Gasteiger partial charge in [0.1, 0.15) is 41.8 Å². The summed E-state index contributed by atoms with van der Waals surface area (Å²) in [6, 6.07) is 0.911. The molecule has 2 fully saturated rings. The Morgan fingerprint density at radius 3 is 2.59 bits per heavy atom. The number of methoxy groups -OCH3 is 1. The molecule has 20 nitrogen and oxygen atoms in total. The first-order valence-corrected chi connectivity index (χ1v) is 16.6. The average molecular weight is 688 g/mol. The Morgan fingerprint density at radius 1 is 1.11 bits per heavy atom. The molecule has 2 saturated heterocycles. The first kappa shape index (κ1) is 32.7. The van der Waals surface area contributed by atoms with Crippen LogP contribution in [0.5, 0.6) is 0 Å². The predicted molar refractivity (Wildman–Crippen MR) is 143 cm³/mol. The van der Waals surface area contributed by atoms with Crippen molar-refractivity contribution >= 4 is 43.3 Å². The minimum Gasteiger partial charge on any atom is -0.382 e. The summed E-state index contributed by atoms with van der Waals surface area (Å²) in [7, 11) is -4.25. The number of H-pyrrole nitrogens is 1. The number of nitrogens with one attached hydrogen (secondary N) is 1. The molecule has 0 amide bonds. The maximum Gasteiger partial charge on any atom is 0.474 e. The van der Waals surface area contributed by atoms with Crippen LogP contribution in [0.1, 0.15) is 12.5 Å². The molecule has 6 N–H and O–H groups in total. The first-order chi connectivity index (χ1) is 20.9. The third kappa shape index (κ3) is 6.64. The molecule has 44 heavy (non-hydrogen) atoms. The second kappa shape index (κ2) is 13.0. The summed E-state index contributed by atoms with van der Waals surface area (Å²) >= 11 is -0.0760. The number of aromatic amines is 1. The Kier molecular flexibility index (Phi) is 9.66. The number of phosphoric ester groups is 1. The third-order valence-electron chi connectivity index (χ3n) is 6.41. The lowest BCUT2D eigenvalue weighted by molar-refractivity contribution is -0.0799. The number of halogens is 2. The number of rotatable bonds is 5. The van der Waals surface area contributed by atoms with Crippen molar-refractivity contribution in [1.29, 1.82) is 0 Å². The highest BCUT2D eigenvalue weighted by Crippen LogP contribution is 2.63. The Hall–Kier alpha value is -2.66. The van der Waals surface area contributed by atoms with Crippen LogP contribution >= 0.6 is 26.3 Å². The van der Waals surface area contributed by atoms with Gasteiger partial charge in [-0.05, 0) is 0 Å². The van der Waals surface area contributed by atoms with Crippen molar-refractivity contribution in [2.24, 2.45) is 5.90 Å². The van der Waals surface area contributed by atoms with E-state index < -0.39 is 82.2 Å². The van der Waals surface area contributed by atoms with Crippen LogP contribution in [-0.2, 0) is 41.0 Å². The molecule has 9 atom stereocenters. The maximum absolute atomic E-state index is 16.2. The van der Waals surface area contributed by atoms with Crippen LogP contribution in [-0.4, -0.2) is 84.9 Å². The van der Waals surface area contributed by atoms with Gasteiger partial charge in [0.15, 0.2) is 36.3 Å². The molecule has 3 aromatic heterocycles. The van der Waals surface area contributed by atoms with Crippen molar-refractivity contribution in [3.05, 3.63) is 45.8 Å². The number of fused-ring (bicyclic) bond motifs is 3. The third-order valence-corrected chi connectivity index (χ3v) is 9.98. The summed E-state index contributed by atoms with van der Waals surface area (Å²) < 4.78 is 96.2. The van der Waals surface area contributed by atoms with Crippen molar-refractivity contribution in [3.8, 4) is 0 Å². The van der Waals surface area contributed by atoms with E-state index in [0.29, 0.717) is 4.57 Å². The van der Waals surface area contributed by atoms with Crippen molar-refractivity contribution in [3.63, 3.8) is 0 Å². The Labute approximate surface area is 248 Å². The van der Waals surface area contributed by atoms with Crippen LogP contribution in [0.4, 0.5) is 14.6 Å². The molecular formula is C19H24F2N8O12P2S. The minimum atomic E-state index is -5.29. The molecule has 5 heterocycles. The summed E-state index contributed by atoms with van der Waals surface area (Å²) in [5.41, 5.74) is 3.80. The molecule has 3 aromatic rings. The number of phosphoric acid groups is 1. The van der Waals surface area contributed by atoms with E-state index in [1.54, 1.807) is 0 Å². The van der Waals surface area contributed by atoms with Crippen LogP contribution in [0.15, 0.2) is 34.5 Å². The molecule has 25 heteroatoms. The van der Waals surface area contributed by atoms with Gasteiger partial charge in [0.05, 0.1) is 19.5 Å². The highest BCUT2D eigenvalue weighted by molar-refractivity contribution is 8.52. The standard InChI is InChI=1S/C19H24F2N8O12P2S/c1-35-8-4-37-43(34,44-41-23)39-14-11(20)9(38-18(14)28-3-2-10(30)27-19(28)31)5-36-42(32,33)40-17(12(8)21)29-7-26-13-15(22)24-6-25-16(13)29/h2-3,6-9,11-12,14,17-18H,4-5,23H2,1H3,(H,32,33)(H2,22,24,25)(H,27,30,31)/t8-,9-,11-,12-,14-,17-,18-,43-/m1/s1. The second-order valence-electron chi connectivity index (χ2n) is 9.07. The number of alkyl halides is 2. The second-order valence-corrected chi connectivity index (χ2v) is 14.0. The molecule has 0 aliphatic carbocycles. The van der Waals surface area contributed by atoms with E-state index in [-0.39, 0.29) is 28.6 Å². The van der Waals surface area contributed by atoms with Crippen molar-refractivity contribution in [2.75, 3.05) is 26.1 Å². The van der Waals surface area contributed by atoms with Gasteiger partial charge in [-0.2, -0.15) is 0 Å². The zero-order valence-corrected chi connectivity index (χ0v) is 24.8. The fourth-order valence-electron chi connectivity index (χ4n) is 4.36. The molecule has 242 valence electrons. The van der Waals surface area contributed by atoms with Crippen LogP contribution in [0.25, 0.3) is 11.2 Å². The van der Waals surface area contributed by atoms with E-state index >= 15 is 8.78 Å². The van der Waals surface area contributed by atoms with Gasteiger partial charge in [-0.3, -0.25) is 37.0 Å². The molecule has 0 radical (unpaired) electrons. The molecule has 1 unspecified atom stereocenters. The number of ether oxygens (including phenoxy) is 2. The number of imidazole rings is 1. The van der Waals surface area contributed by atoms with E-state index in [0.717, 1.165) is 36.6 Å². The highest BCUT2D eigenvalue weighted by Gasteiger charge is 2.53. The van der Waals surface area contributed by atoms with E-state index in [1.807, 2.05) is 4.98 Å². The Balaban J connectivity index is 1.56. The van der Waals surface area contributed by atoms with Crippen molar-refractivity contribution in [2.45, 2.75) is 43.1 Å². The summed E-state index contributed by atoms with van der Waals surface area (Å²) in [6.45, 7) is -6.67. The first-order valence-electron chi connectivity index (χ1n) is 12.2. The highest BCUT2D eigenvalue weighted by atomic mass is 32.7. The maximum atomic E-state index is 16.2. The normalized spacial score (nSPS) is 35.4. The van der Waals surface area contributed by atoms with Gasteiger partial charge in [-0.15, -0.1) is 0 Å². The number of nitrogens with two attached hydrogens (primary N) is 2. The largest absolute Gasteiger partial charge is 0.474 e. The molecule has 0 spiro atoms. The van der Waals surface area contributed by atoms with Gasteiger partial charge in [0.25, 0.3) is 5.56 Å². The van der Waals surface area contributed by atoms with Gasteiger partial charge in [0.2, 0.25) is 0 Å². The van der Waals surface area contributed by atoms with E-state index in [9.17, 15) is 23.6 Å². The number of aromatic nitrogens is 6. The van der Waals surface area contributed by atoms with Gasteiger partial charge in [-0.25, -0.2) is 47.8 Å². The van der Waals surface area contributed by atoms with Gasteiger partial charge < -0.3 is 20.1 Å². The van der Waals surface area contributed by atoms with Crippen molar-refractivity contribution in [1.82, 2.24) is 29.1 Å². The lowest BCUT2D eigenvalue weighted by atomic mass is 10.1. The lowest BCUT2D eigenvalue weighted by Gasteiger charge is -2.30. The summed E-state index contributed by atoms with van der Waals surface area (Å²) in [6.07, 6.45) is -11.1. The summed E-state index contributed by atoms with van der Waals surface area (Å²) in [5.74, 6) is 4.97. The lowest BCUT2D eigenvalue weighted by Crippen LogP contribution is -2.39. The van der Waals surface area contributed by atoms with E-state index in [2.05, 4.69) is 19.2 Å². The van der Waals surface area contributed by atoms with Gasteiger partial charge in [-0.1, -0.05) is 0 Å². The summed E-state index contributed by atoms with van der Waals surface area (Å²) in [4.78, 5) is 48.3. The van der Waals surface area contributed by atoms with Gasteiger partial charge >= 0.3 is 20.3 Å². The SMILES string of the molecule is CO[C@@H]1CO[P@@](=O)(SON)O[C@@H]2[C@H](F)[C@@H](COP(=O)(O)O[C@@H](n3cnc4c(N)ncnc43)[C@@H]1F)O[C@H]2n1ccc(=O)[nH]c1=O. The Bertz CT molecular complexity index is 1710.